The molecule has 0 radical (unpaired) electrons. The van der Waals surface area contributed by atoms with Crippen molar-refractivity contribution in [1.82, 2.24) is 10.2 Å². The van der Waals surface area contributed by atoms with Gasteiger partial charge in [0, 0.05) is 22.2 Å². The lowest BCUT2D eigenvalue weighted by Crippen LogP contribution is -2.13. The minimum Gasteiger partial charge on any atom is -0.415 e. The molecular weight excluding hydrogens is 522 g/mol. The van der Waals surface area contributed by atoms with E-state index in [1.54, 1.807) is 24.3 Å². The van der Waals surface area contributed by atoms with Crippen LogP contribution in [0.25, 0.3) is 0 Å². The highest BCUT2D eigenvalue weighted by Gasteiger charge is 2.20. The number of aromatic nitrogens is 2. The smallest absolute Gasteiger partial charge is 0.283 e. The number of carbonyl (C=O) groups excluding carboxylic acids is 1. The van der Waals surface area contributed by atoms with Crippen LogP contribution in [0.4, 0.5) is 11.4 Å². The second-order valence-corrected chi connectivity index (χ2v) is 8.75. The Morgan fingerprint density at radius 3 is 2.41 bits per heavy atom. The van der Waals surface area contributed by atoms with Crippen LogP contribution in [0.5, 0.6) is 0 Å². The van der Waals surface area contributed by atoms with Gasteiger partial charge in [0.15, 0.2) is 5.04 Å². The van der Waals surface area contributed by atoms with Crippen molar-refractivity contribution in [2.24, 2.45) is 5.10 Å². The molecule has 1 N–H and O–H groups in total. The van der Waals surface area contributed by atoms with Crippen molar-refractivity contribution in [1.29, 1.82) is 0 Å². The molecule has 3 aromatic carbocycles. The molecule has 0 fully saturated rings. The first-order valence-corrected chi connectivity index (χ1v) is 11.5. The van der Waals surface area contributed by atoms with E-state index >= 15 is 0 Å². The van der Waals surface area contributed by atoms with Gasteiger partial charge in [-0.05, 0) is 53.7 Å². The van der Waals surface area contributed by atoms with Gasteiger partial charge in [-0.25, -0.2) is 0 Å². The predicted molar refractivity (Wildman–Crippen MR) is 132 cm³/mol. The Morgan fingerprint density at radius 2 is 1.74 bits per heavy atom. The molecule has 4 aromatic rings. The molecule has 0 atom stereocenters. The minimum atomic E-state index is -0.492. The fourth-order valence-electron chi connectivity index (χ4n) is 2.82. The van der Waals surface area contributed by atoms with Crippen LogP contribution in [0.3, 0.4) is 0 Å². The Morgan fingerprint density at radius 1 is 1.03 bits per heavy atom. The summed E-state index contributed by atoms with van der Waals surface area (Å²) in [6.45, 7) is 0. The van der Waals surface area contributed by atoms with Crippen LogP contribution in [0.15, 0.2) is 98.1 Å². The summed E-state index contributed by atoms with van der Waals surface area (Å²) in [6, 6.07) is 22.2. The average Bonchev–Trinajstić information content (AvgIpc) is 3.29. The Labute approximate surface area is 206 Å². The average molecular weight is 538 g/mol. The first kappa shape index (κ1) is 23.3. The fraction of sp³-hybridized carbons (Fsp3) is 0.0435. The van der Waals surface area contributed by atoms with E-state index in [1.807, 2.05) is 30.3 Å². The summed E-state index contributed by atoms with van der Waals surface area (Å²) in [6.07, 6.45) is 0.461. The number of non-ortho nitro benzene ring substituents is 1. The third kappa shape index (κ3) is 6.15. The maximum Gasteiger partial charge on any atom is 0.283 e. The normalized spacial score (nSPS) is 11.3. The number of rotatable bonds is 8. The Bertz CT molecular complexity index is 1330. The van der Waals surface area contributed by atoms with Crippen LogP contribution in [0.1, 0.15) is 21.8 Å². The van der Waals surface area contributed by atoms with Crippen molar-refractivity contribution in [3.63, 3.8) is 0 Å². The summed E-state index contributed by atoms with van der Waals surface area (Å²) in [5.41, 5.74) is 4.63. The quantitative estimate of drug-likeness (QED) is 0.0753. The molecule has 0 unspecified atom stereocenters. The number of nitrogens with one attached hydrogen (secondary N) is 1. The molecule has 34 heavy (non-hydrogen) atoms. The molecule has 0 saturated carbocycles. The van der Waals surface area contributed by atoms with Gasteiger partial charge < -0.3 is 4.42 Å². The second kappa shape index (κ2) is 10.9. The third-order valence-corrected chi connectivity index (χ3v) is 5.83. The first-order valence-electron chi connectivity index (χ1n) is 9.90. The number of hydrogen-bond acceptors (Lipinski definition) is 9. The topological polar surface area (TPSA) is 124 Å². The molecule has 9 nitrogen and oxygen atoms in total. The monoisotopic (exact) mass is 537 g/mol. The molecule has 0 saturated heterocycles. The highest BCUT2D eigenvalue weighted by Crippen LogP contribution is 2.23. The molecule has 11 heteroatoms. The number of thioether (sulfide) groups is 1. The van der Waals surface area contributed by atoms with Crippen molar-refractivity contribution < 1.29 is 14.1 Å². The zero-order chi connectivity index (χ0) is 23.9. The number of carbonyl (C=O) groups is 1. The minimum absolute atomic E-state index is 0.0492. The lowest BCUT2D eigenvalue weighted by Gasteiger charge is -2.05. The van der Waals surface area contributed by atoms with Crippen molar-refractivity contribution in [3.8, 4) is 0 Å². The van der Waals surface area contributed by atoms with Crippen LogP contribution >= 0.6 is 27.7 Å². The van der Waals surface area contributed by atoms with Crippen molar-refractivity contribution >= 4 is 49.9 Å². The lowest BCUT2D eigenvalue weighted by molar-refractivity contribution is -0.384. The molecule has 0 aliphatic rings. The number of nitro benzene ring substituents is 1. The zero-order valence-electron chi connectivity index (χ0n) is 17.4. The highest BCUT2D eigenvalue weighted by atomic mass is 79.9. The SMILES string of the molecule is O=C(/C(=N/Nc1ccc([N+](=O)[O-])cc1)Sc1nnc(Cc2ccccc2)o1)c1ccc(Br)cc1. The van der Waals surface area contributed by atoms with Crippen LogP contribution < -0.4 is 5.43 Å². The zero-order valence-corrected chi connectivity index (χ0v) is 19.8. The van der Waals surface area contributed by atoms with Crippen molar-refractivity contribution in [2.45, 2.75) is 11.6 Å². The second-order valence-electron chi connectivity index (χ2n) is 6.89. The van der Waals surface area contributed by atoms with Crippen molar-refractivity contribution in [3.05, 3.63) is 110 Å². The highest BCUT2D eigenvalue weighted by molar-refractivity contribution is 9.10. The lowest BCUT2D eigenvalue weighted by atomic mass is 10.1. The Hall–Kier alpha value is -3.83. The third-order valence-electron chi connectivity index (χ3n) is 4.50. The van der Waals surface area contributed by atoms with Gasteiger partial charge in [0.2, 0.25) is 11.7 Å². The van der Waals surface area contributed by atoms with E-state index < -0.39 is 4.92 Å². The number of halogens is 1. The van der Waals surface area contributed by atoms with Gasteiger partial charge in [0.05, 0.1) is 17.0 Å². The maximum absolute atomic E-state index is 13.1. The molecular formula is C23H16BrN5O4S. The molecule has 0 bridgehead atoms. The molecule has 0 aliphatic heterocycles. The molecule has 0 aliphatic carbocycles. The molecule has 170 valence electrons. The van der Waals surface area contributed by atoms with Gasteiger partial charge in [0.25, 0.3) is 10.9 Å². The molecule has 0 amide bonds. The van der Waals surface area contributed by atoms with Gasteiger partial charge in [-0.1, -0.05) is 46.3 Å². The Balaban J connectivity index is 1.55. The number of hydrazone groups is 1. The van der Waals surface area contributed by atoms with Crippen LogP contribution in [-0.4, -0.2) is 25.9 Å². The number of nitrogens with zero attached hydrogens (tertiary/aromatic N) is 4. The number of anilines is 1. The van der Waals surface area contributed by atoms with Crippen LogP contribution in [0, 0.1) is 10.1 Å². The summed E-state index contributed by atoms with van der Waals surface area (Å²) >= 11 is 4.28. The first-order chi connectivity index (χ1) is 16.5. The van der Waals surface area contributed by atoms with E-state index in [9.17, 15) is 14.9 Å². The van der Waals surface area contributed by atoms with Gasteiger partial charge >= 0.3 is 0 Å². The summed E-state index contributed by atoms with van der Waals surface area (Å²) in [7, 11) is 0. The van der Waals surface area contributed by atoms with Gasteiger partial charge in [0.1, 0.15) is 0 Å². The summed E-state index contributed by atoms with van der Waals surface area (Å²) in [4.78, 5) is 23.5. The number of benzene rings is 3. The molecule has 1 heterocycles. The van der Waals surface area contributed by atoms with Crippen molar-refractivity contribution in [2.75, 3.05) is 5.43 Å². The predicted octanol–water partition coefficient (Wildman–Crippen LogP) is 5.73. The van der Waals surface area contributed by atoms with E-state index in [0.29, 0.717) is 23.6 Å². The summed E-state index contributed by atoms with van der Waals surface area (Å²) in [5.74, 6) is 0.0576. The van der Waals surface area contributed by atoms with Gasteiger partial charge in [-0.15, -0.1) is 10.2 Å². The summed E-state index contributed by atoms with van der Waals surface area (Å²) < 4.78 is 6.55. The fourth-order valence-corrected chi connectivity index (χ4v) is 3.77. The van der Waals surface area contributed by atoms with E-state index in [-0.39, 0.29) is 21.7 Å². The van der Waals surface area contributed by atoms with Crippen LogP contribution in [0.2, 0.25) is 0 Å². The molecule has 4 rings (SSSR count). The number of nitro groups is 1. The number of hydrogen-bond donors (Lipinski definition) is 1. The maximum atomic E-state index is 13.1. The van der Waals surface area contributed by atoms with Gasteiger partial charge in [-0.3, -0.25) is 20.3 Å². The number of ketones is 1. The molecule has 0 spiro atoms. The standard InChI is InChI=1S/C23H16BrN5O4S/c24-17-8-6-16(7-9-17)21(30)22(27-25-18-10-12-19(13-11-18)29(31)32)34-23-28-26-20(33-23)14-15-4-2-1-3-5-15/h1-13,25H,14H2/b27-22-. The van der Waals surface area contributed by atoms with E-state index in [4.69, 9.17) is 4.42 Å². The largest absolute Gasteiger partial charge is 0.415 e. The Kier molecular flexibility index (Phi) is 7.45. The van der Waals surface area contributed by atoms with E-state index in [2.05, 4.69) is 36.7 Å². The molecule has 1 aromatic heterocycles. The number of Topliss-reactive ketones (excluding diaryl/α,β-unsaturated/α-hetero) is 1. The van der Waals surface area contributed by atoms with Crippen LogP contribution in [-0.2, 0) is 6.42 Å². The summed E-state index contributed by atoms with van der Waals surface area (Å²) in [5, 5.41) is 23.4. The van der Waals surface area contributed by atoms with E-state index in [0.717, 1.165) is 21.8 Å². The van der Waals surface area contributed by atoms with Gasteiger partial charge in [-0.2, -0.15) is 5.10 Å². The van der Waals surface area contributed by atoms with E-state index in [1.165, 1.54) is 24.3 Å².